The Morgan fingerprint density at radius 2 is 1.24 bits per heavy atom. The molecule has 2 fully saturated rings. The van der Waals surface area contributed by atoms with Gasteiger partial charge in [0, 0.05) is 75.6 Å². The topological polar surface area (TPSA) is 283 Å². The van der Waals surface area contributed by atoms with Crippen molar-refractivity contribution >= 4 is 42.8 Å². The predicted molar refractivity (Wildman–Crippen MR) is 311 cm³/mol. The van der Waals surface area contributed by atoms with E-state index in [1.165, 1.54) is 0 Å². The van der Waals surface area contributed by atoms with E-state index >= 15 is 0 Å². The number of β-amino-alcohol motifs (C(OH)–C–C–N with tert-alkyl or cyclic N) is 1. The van der Waals surface area contributed by atoms with Crippen LogP contribution in [0.4, 0.5) is 5.69 Å². The van der Waals surface area contributed by atoms with Gasteiger partial charge in [0.15, 0.2) is 0 Å². The Morgan fingerprint density at radius 1 is 0.675 bits per heavy atom. The zero-order chi connectivity index (χ0) is 59.4. The Kier molecular flexibility index (Phi) is 29.0. The number of amides is 5. The van der Waals surface area contributed by atoms with Gasteiger partial charge in [0.25, 0.3) is 0 Å². The van der Waals surface area contributed by atoms with Crippen LogP contribution in [0.1, 0.15) is 123 Å². The van der Waals surface area contributed by atoms with E-state index in [9.17, 15) is 43.6 Å². The van der Waals surface area contributed by atoms with E-state index in [1.54, 1.807) is 21.6 Å². The number of aromatic nitrogens is 3. The van der Waals surface area contributed by atoms with Gasteiger partial charge in [-0.1, -0.05) is 67.4 Å². The van der Waals surface area contributed by atoms with Gasteiger partial charge in [-0.2, -0.15) is 0 Å². The normalized spacial score (nSPS) is 18.3. The second kappa shape index (κ2) is 35.9. The molecule has 0 spiro atoms. The molecule has 0 aliphatic carbocycles. The molecule has 6 rings (SSSR count). The quantitative estimate of drug-likeness (QED) is 0.0353. The van der Waals surface area contributed by atoms with Gasteiger partial charge in [-0.05, 0) is 76.8 Å². The van der Waals surface area contributed by atoms with Crippen LogP contribution >= 0.6 is 7.60 Å². The highest BCUT2D eigenvalue weighted by atomic mass is 31.2. The summed E-state index contributed by atoms with van der Waals surface area (Å²) in [5, 5.41) is 34.9. The Balaban J connectivity index is 0.797. The predicted octanol–water partition coefficient (Wildman–Crippen LogP) is 5.40. The lowest BCUT2D eigenvalue weighted by atomic mass is 9.95. The van der Waals surface area contributed by atoms with Crippen LogP contribution in [0.25, 0.3) is 22.5 Å². The zero-order valence-electron chi connectivity index (χ0n) is 49.0. The van der Waals surface area contributed by atoms with Gasteiger partial charge in [0.05, 0.1) is 121 Å². The Hall–Kier alpha value is -5.20. The molecule has 5 amide bonds. The van der Waals surface area contributed by atoms with Crippen molar-refractivity contribution in [2.75, 3.05) is 103 Å². The molecule has 3 aromatic rings. The molecule has 1 aromatic heterocycles. The molecule has 2 aromatic carbocycles. The third kappa shape index (κ3) is 22.3. The summed E-state index contributed by atoms with van der Waals surface area (Å²) in [5.74, 6) is -0.328. The molecule has 83 heavy (non-hydrogen) atoms. The minimum absolute atomic E-state index is 0.0221. The number of carbonyl (C=O) groups excluding carboxylic acids is 5. The number of unbranched alkanes of at least 4 members (excludes halogenated alkanes) is 5. The molecule has 2 saturated heterocycles. The molecule has 0 saturated carbocycles. The van der Waals surface area contributed by atoms with Crippen molar-refractivity contribution < 1.29 is 71.9 Å². The number of nitrogens with one attached hydrogen (secondary N) is 2. The van der Waals surface area contributed by atoms with Crippen molar-refractivity contribution in [3.63, 3.8) is 0 Å². The minimum Gasteiger partial charge on any atom is -0.394 e. The van der Waals surface area contributed by atoms with Crippen molar-refractivity contribution in [3.8, 4) is 22.5 Å². The summed E-state index contributed by atoms with van der Waals surface area (Å²) in [5.41, 5.74) is 4.89. The molecule has 0 radical (unpaired) electrons. The second-order valence-corrected chi connectivity index (χ2v) is 23.8. The summed E-state index contributed by atoms with van der Waals surface area (Å²) in [6.07, 6.45) is 6.69. The Labute approximate surface area is 488 Å². The third-order valence-electron chi connectivity index (χ3n) is 14.9. The van der Waals surface area contributed by atoms with Gasteiger partial charge in [-0.3, -0.25) is 28.5 Å². The number of likely N-dealkylation sites (tertiary alicyclic amines) is 2. The average molecular weight is 1180 g/mol. The van der Waals surface area contributed by atoms with Gasteiger partial charge in [-0.25, -0.2) is 4.68 Å². The van der Waals surface area contributed by atoms with E-state index in [4.69, 9.17) is 28.2 Å². The van der Waals surface area contributed by atoms with Crippen molar-refractivity contribution in [1.82, 2.24) is 35.4 Å². The first-order chi connectivity index (χ1) is 40.2. The maximum atomic E-state index is 14.0. The SMILES string of the molecule is CCP(=O)(O)O[C@@H]1C[C@@H](CO)N(C(=O)CCCCCNC(=O)CCCCC(=O)N2Cc3ccccc3-c3c(nnn3CCOCCOCCOCCOCCC(=O)NCCCCCC(=O)N3CC(O)C[C@H]3COC(C)C)-c3ccccc32)C1. The van der Waals surface area contributed by atoms with Crippen LogP contribution in [-0.2, 0) is 69.8 Å². The maximum Gasteiger partial charge on any atom is 0.328 e. The number of hydrogen-bond acceptors (Lipinski definition) is 16. The van der Waals surface area contributed by atoms with Crippen molar-refractivity contribution in [1.29, 1.82) is 0 Å². The van der Waals surface area contributed by atoms with Crippen LogP contribution in [0.5, 0.6) is 0 Å². The zero-order valence-corrected chi connectivity index (χ0v) is 49.9. The lowest BCUT2D eigenvalue weighted by Gasteiger charge is -2.28. The van der Waals surface area contributed by atoms with E-state index in [0.29, 0.717) is 143 Å². The Morgan fingerprint density at radius 3 is 1.89 bits per heavy atom. The van der Waals surface area contributed by atoms with Gasteiger partial charge >= 0.3 is 7.60 Å². The summed E-state index contributed by atoms with van der Waals surface area (Å²) in [6, 6.07) is 15.1. The summed E-state index contributed by atoms with van der Waals surface area (Å²) < 4.78 is 47.7. The number of aliphatic hydroxyl groups excluding tert-OH is 2. The molecule has 5 atom stereocenters. The Bertz CT molecular complexity index is 2540. The van der Waals surface area contributed by atoms with Gasteiger partial charge in [-0.15, -0.1) is 5.10 Å². The van der Waals surface area contributed by atoms with E-state index in [2.05, 4.69) is 20.9 Å². The molecule has 5 N–H and O–H groups in total. The molecule has 462 valence electrons. The van der Waals surface area contributed by atoms with E-state index in [0.717, 1.165) is 53.8 Å². The first-order valence-corrected chi connectivity index (χ1v) is 31.7. The summed E-state index contributed by atoms with van der Waals surface area (Å²) in [4.78, 5) is 79.6. The van der Waals surface area contributed by atoms with Gasteiger partial charge in [0.1, 0.15) is 5.69 Å². The second-order valence-electron chi connectivity index (χ2n) is 21.7. The number of benzene rings is 2. The smallest absolute Gasteiger partial charge is 0.328 e. The lowest BCUT2D eigenvalue weighted by Crippen LogP contribution is -2.39. The number of aliphatic hydroxyl groups is 2. The van der Waals surface area contributed by atoms with Gasteiger partial charge in [0.2, 0.25) is 29.5 Å². The highest BCUT2D eigenvalue weighted by Gasteiger charge is 2.38. The van der Waals surface area contributed by atoms with Crippen LogP contribution in [0.3, 0.4) is 0 Å². The first kappa shape index (κ1) is 66.9. The van der Waals surface area contributed by atoms with Crippen LogP contribution in [0.15, 0.2) is 48.5 Å². The van der Waals surface area contributed by atoms with Gasteiger partial charge < -0.3 is 68.6 Å². The van der Waals surface area contributed by atoms with Crippen LogP contribution in [0, 0.1) is 0 Å². The van der Waals surface area contributed by atoms with Crippen LogP contribution in [0.2, 0.25) is 0 Å². The summed E-state index contributed by atoms with van der Waals surface area (Å²) >= 11 is 0. The van der Waals surface area contributed by atoms with Crippen molar-refractivity contribution in [2.24, 2.45) is 0 Å². The van der Waals surface area contributed by atoms with Crippen LogP contribution < -0.4 is 15.5 Å². The number of nitrogens with zero attached hydrogens (tertiary/aromatic N) is 6. The number of fused-ring (bicyclic) bond motifs is 5. The molecule has 3 aliphatic rings. The molecular weight excluding hydrogens is 1090 g/mol. The van der Waals surface area contributed by atoms with E-state index in [1.807, 2.05) is 67.1 Å². The molecule has 24 heteroatoms. The third-order valence-corrected chi connectivity index (χ3v) is 16.3. The minimum atomic E-state index is -3.72. The first-order valence-electron chi connectivity index (χ1n) is 29.9. The standard InChI is InChI=1S/C59H91N8O15P/c1-4-83(75,76)82-49-38-46(42-68)65(41-49)56(73)23-8-6-15-26-60-53(70)21-13-14-24-57(74)66-39-45-17-9-10-18-50(45)59-58(51-19-11-12-20-52(51)66)62-63-67(59)28-30-78-32-34-80-36-35-79-33-31-77-29-25-54(71)61-27-16-5-7-22-55(72)64-40-48(69)37-47(64)43-81-44(2)3/h9-12,17-20,44,46-49,68-69H,4-8,13-16,21-43H2,1-3H3,(H,60,70)(H,61,71)(H,75,76)/t46-,47-,48?,49+/m0/s1. The monoisotopic (exact) mass is 1180 g/mol. The largest absolute Gasteiger partial charge is 0.394 e. The number of anilines is 1. The number of rotatable bonds is 39. The number of hydrogen-bond donors (Lipinski definition) is 5. The molecule has 23 nitrogen and oxygen atoms in total. The van der Waals surface area contributed by atoms with E-state index < -0.39 is 25.8 Å². The number of para-hydroxylation sites is 1. The molecule has 3 aliphatic heterocycles. The highest BCUT2D eigenvalue weighted by molar-refractivity contribution is 7.52. The van der Waals surface area contributed by atoms with Crippen molar-refractivity contribution in [3.05, 3.63) is 54.1 Å². The molecular formula is C59H91N8O15P. The molecule has 0 bridgehead atoms. The fourth-order valence-corrected chi connectivity index (χ4v) is 11.2. The summed E-state index contributed by atoms with van der Waals surface area (Å²) in [7, 11) is -3.72. The number of carbonyl (C=O) groups is 5. The molecule has 2 unspecified atom stereocenters. The maximum absolute atomic E-state index is 14.0. The fourth-order valence-electron chi connectivity index (χ4n) is 10.4. The fraction of sp³-hybridized carbons (Fsp3) is 0.678. The highest BCUT2D eigenvalue weighted by Crippen LogP contribution is 2.45. The average Bonchev–Trinajstić information content (AvgIpc) is 2.97. The molecule has 4 heterocycles. The number of ether oxygens (including phenoxy) is 5. The lowest BCUT2D eigenvalue weighted by molar-refractivity contribution is -0.134. The van der Waals surface area contributed by atoms with E-state index in [-0.39, 0.29) is 86.7 Å². The summed E-state index contributed by atoms with van der Waals surface area (Å²) in [6.45, 7) is 10.9. The van der Waals surface area contributed by atoms with Crippen molar-refractivity contribution in [2.45, 2.75) is 161 Å². The van der Waals surface area contributed by atoms with Crippen LogP contribution in [-0.4, -0.2) is 198 Å².